The van der Waals surface area contributed by atoms with Crippen molar-refractivity contribution in [3.8, 4) is 11.5 Å². The molecule has 0 saturated heterocycles. The number of rotatable bonds is 7. The van der Waals surface area contributed by atoms with E-state index in [2.05, 4.69) is 29.2 Å². The van der Waals surface area contributed by atoms with Crippen molar-refractivity contribution in [1.82, 2.24) is 4.90 Å². The van der Waals surface area contributed by atoms with Gasteiger partial charge in [-0.15, -0.1) is 0 Å². The molecule has 1 saturated carbocycles. The second-order valence-corrected chi connectivity index (χ2v) is 7.74. The average Bonchev–Trinajstić information content (AvgIpc) is 3.27. The van der Waals surface area contributed by atoms with E-state index < -0.39 is 0 Å². The number of amides is 1. The summed E-state index contributed by atoms with van der Waals surface area (Å²) in [6.07, 6.45) is 6.97. The Morgan fingerprint density at radius 3 is 2.43 bits per heavy atom. The van der Waals surface area contributed by atoms with Gasteiger partial charge < -0.3 is 14.4 Å². The monoisotopic (exact) mass is 379 g/mol. The lowest BCUT2D eigenvalue weighted by Gasteiger charge is -2.29. The van der Waals surface area contributed by atoms with Gasteiger partial charge in [-0.05, 0) is 48.9 Å². The molecule has 1 fully saturated rings. The molecule has 4 rings (SSSR count). The van der Waals surface area contributed by atoms with E-state index >= 15 is 0 Å². The van der Waals surface area contributed by atoms with Crippen molar-refractivity contribution in [3.05, 3.63) is 59.7 Å². The topological polar surface area (TPSA) is 38.8 Å². The first kappa shape index (κ1) is 18.9. The standard InChI is InChI=1S/C24H29NO3/c26-24(13-11-20-10-12-22-23(18-20)28-17-16-27-22)25(21-8-4-5-9-21)15-14-19-6-2-1-3-7-19/h1-3,6-7,10,12,18,21H,4-5,8-9,11,13-17H2. The molecule has 28 heavy (non-hydrogen) atoms. The summed E-state index contributed by atoms with van der Waals surface area (Å²) in [6.45, 7) is 2.00. The van der Waals surface area contributed by atoms with Crippen LogP contribution in [-0.4, -0.2) is 36.6 Å². The Morgan fingerprint density at radius 1 is 0.893 bits per heavy atom. The molecule has 2 aliphatic rings. The van der Waals surface area contributed by atoms with Crippen LogP contribution in [-0.2, 0) is 17.6 Å². The van der Waals surface area contributed by atoms with Crippen LogP contribution in [0.3, 0.4) is 0 Å². The Morgan fingerprint density at radius 2 is 1.64 bits per heavy atom. The number of aryl methyl sites for hydroxylation is 1. The highest BCUT2D eigenvalue weighted by Crippen LogP contribution is 2.31. The van der Waals surface area contributed by atoms with Gasteiger partial charge in [0.1, 0.15) is 13.2 Å². The summed E-state index contributed by atoms with van der Waals surface area (Å²) < 4.78 is 11.3. The van der Waals surface area contributed by atoms with E-state index in [1.807, 2.05) is 24.3 Å². The first-order valence-corrected chi connectivity index (χ1v) is 10.5. The van der Waals surface area contributed by atoms with Crippen LogP contribution < -0.4 is 9.47 Å². The highest BCUT2D eigenvalue weighted by Gasteiger charge is 2.26. The highest BCUT2D eigenvalue weighted by atomic mass is 16.6. The first-order chi connectivity index (χ1) is 13.8. The van der Waals surface area contributed by atoms with Gasteiger partial charge in [-0.1, -0.05) is 49.2 Å². The van der Waals surface area contributed by atoms with Crippen LogP contribution in [0.4, 0.5) is 0 Å². The van der Waals surface area contributed by atoms with E-state index in [4.69, 9.17) is 9.47 Å². The molecule has 0 aromatic heterocycles. The summed E-state index contributed by atoms with van der Waals surface area (Å²) in [6, 6.07) is 16.9. The van der Waals surface area contributed by atoms with E-state index in [1.165, 1.54) is 18.4 Å². The summed E-state index contributed by atoms with van der Waals surface area (Å²) in [5, 5.41) is 0. The maximum atomic E-state index is 13.1. The van der Waals surface area contributed by atoms with Gasteiger partial charge in [0.25, 0.3) is 0 Å². The van der Waals surface area contributed by atoms with Gasteiger partial charge >= 0.3 is 0 Å². The van der Waals surface area contributed by atoms with Gasteiger partial charge in [0, 0.05) is 19.0 Å². The van der Waals surface area contributed by atoms with Crippen molar-refractivity contribution < 1.29 is 14.3 Å². The molecule has 0 bridgehead atoms. The van der Waals surface area contributed by atoms with Crippen molar-refractivity contribution >= 4 is 5.91 Å². The minimum absolute atomic E-state index is 0.276. The van der Waals surface area contributed by atoms with Gasteiger partial charge in [-0.25, -0.2) is 0 Å². The third kappa shape index (κ3) is 4.67. The molecule has 1 aliphatic heterocycles. The minimum Gasteiger partial charge on any atom is -0.486 e. The summed E-state index contributed by atoms with van der Waals surface area (Å²) in [7, 11) is 0. The molecule has 0 spiro atoms. The molecule has 1 amide bonds. The van der Waals surface area contributed by atoms with Crippen LogP contribution in [0.15, 0.2) is 48.5 Å². The number of ether oxygens (including phenoxy) is 2. The number of carbonyl (C=O) groups is 1. The Kier molecular flexibility index (Phi) is 6.15. The number of fused-ring (bicyclic) bond motifs is 1. The highest BCUT2D eigenvalue weighted by molar-refractivity contribution is 5.77. The maximum absolute atomic E-state index is 13.1. The second-order valence-electron chi connectivity index (χ2n) is 7.74. The van der Waals surface area contributed by atoms with Crippen molar-refractivity contribution in [2.24, 2.45) is 0 Å². The minimum atomic E-state index is 0.276. The van der Waals surface area contributed by atoms with Crippen molar-refractivity contribution in [2.45, 2.75) is 51.0 Å². The van der Waals surface area contributed by atoms with Crippen LogP contribution in [0.5, 0.6) is 11.5 Å². The summed E-state index contributed by atoms with van der Waals surface area (Å²) >= 11 is 0. The molecule has 4 nitrogen and oxygen atoms in total. The van der Waals surface area contributed by atoms with Crippen LogP contribution in [0.1, 0.15) is 43.2 Å². The Balaban J connectivity index is 1.37. The summed E-state index contributed by atoms with van der Waals surface area (Å²) in [4.78, 5) is 15.2. The normalized spacial score (nSPS) is 16.1. The zero-order valence-electron chi connectivity index (χ0n) is 16.4. The molecule has 1 heterocycles. The number of benzene rings is 2. The molecule has 0 radical (unpaired) electrons. The number of nitrogens with zero attached hydrogens (tertiary/aromatic N) is 1. The lowest BCUT2D eigenvalue weighted by molar-refractivity contribution is -0.133. The van der Waals surface area contributed by atoms with E-state index in [1.54, 1.807) is 0 Å². The molecular formula is C24H29NO3. The van der Waals surface area contributed by atoms with Crippen molar-refractivity contribution in [2.75, 3.05) is 19.8 Å². The molecule has 148 valence electrons. The Bertz CT molecular complexity index is 784. The van der Waals surface area contributed by atoms with Gasteiger partial charge in [0.05, 0.1) is 0 Å². The van der Waals surface area contributed by atoms with Crippen LogP contribution >= 0.6 is 0 Å². The molecule has 0 N–H and O–H groups in total. The van der Waals surface area contributed by atoms with Crippen LogP contribution in [0.2, 0.25) is 0 Å². The SMILES string of the molecule is O=C(CCc1ccc2c(c1)OCCO2)N(CCc1ccccc1)C1CCCC1. The zero-order valence-corrected chi connectivity index (χ0v) is 16.4. The van der Waals surface area contributed by atoms with E-state index in [9.17, 15) is 4.79 Å². The van der Waals surface area contributed by atoms with Gasteiger partial charge in [-0.3, -0.25) is 4.79 Å². The van der Waals surface area contributed by atoms with Gasteiger partial charge in [0.2, 0.25) is 5.91 Å². The molecule has 2 aromatic carbocycles. The van der Waals surface area contributed by atoms with Crippen LogP contribution in [0, 0.1) is 0 Å². The largest absolute Gasteiger partial charge is 0.486 e. The smallest absolute Gasteiger partial charge is 0.223 e. The van der Waals surface area contributed by atoms with E-state index in [0.29, 0.717) is 25.7 Å². The molecule has 1 aliphatic carbocycles. The molecule has 2 aromatic rings. The summed E-state index contributed by atoms with van der Waals surface area (Å²) in [5.74, 6) is 1.88. The quantitative estimate of drug-likeness (QED) is 0.715. The van der Waals surface area contributed by atoms with Crippen molar-refractivity contribution in [1.29, 1.82) is 0 Å². The second kappa shape index (κ2) is 9.13. The Labute approximate surface area is 167 Å². The number of carbonyl (C=O) groups excluding carboxylic acids is 1. The molecule has 4 heteroatoms. The van der Waals surface area contributed by atoms with Gasteiger partial charge in [-0.2, -0.15) is 0 Å². The van der Waals surface area contributed by atoms with E-state index in [0.717, 1.165) is 49.3 Å². The summed E-state index contributed by atoms with van der Waals surface area (Å²) in [5.41, 5.74) is 2.43. The Hall–Kier alpha value is -2.49. The van der Waals surface area contributed by atoms with Crippen molar-refractivity contribution in [3.63, 3.8) is 0 Å². The lowest BCUT2D eigenvalue weighted by Crippen LogP contribution is -2.40. The predicted molar refractivity (Wildman–Crippen MR) is 110 cm³/mol. The van der Waals surface area contributed by atoms with Gasteiger partial charge in [0.15, 0.2) is 11.5 Å². The number of hydrogen-bond acceptors (Lipinski definition) is 3. The third-order valence-corrected chi connectivity index (χ3v) is 5.80. The molecule has 0 atom stereocenters. The molecule has 0 unspecified atom stereocenters. The van der Waals surface area contributed by atoms with E-state index in [-0.39, 0.29) is 5.91 Å². The third-order valence-electron chi connectivity index (χ3n) is 5.80. The number of hydrogen-bond donors (Lipinski definition) is 0. The molecular weight excluding hydrogens is 350 g/mol. The fraction of sp³-hybridized carbons (Fsp3) is 0.458. The fourth-order valence-corrected chi connectivity index (χ4v) is 4.26. The lowest BCUT2D eigenvalue weighted by atomic mass is 10.1. The maximum Gasteiger partial charge on any atom is 0.223 e. The zero-order chi connectivity index (χ0) is 19.2. The fourth-order valence-electron chi connectivity index (χ4n) is 4.26. The average molecular weight is 380 g/mol. The predicted octanol–water partition coefficient (Wildman–Crippen LogP) is 4.40. The first-order valence-electron chi connectivity index (χ1n) is 10.5. The van der Waals surface area contributed by atoms with Crippen LogP contribution in [0.25, 0.3) is 0 Å².